The molecule has 1 saturated heterocycles. The van der Waals surface area contributed by atoms with Gasteiger partial charge in [-0.3, -0.25) is 15.0 Å². The Bertz CT molecular complexity index is 1410. The van der Waals surface area contributed by atoms with Crippen LogP contribution in [-0.2, 0) is 9.59 Å². The summed E-state index contributed by atoms with van der Waals surface area (Å²) in [5.41, 5.74) is 4.23. The number of nitrogens with zero attached hydrogens (tertiary/aromatic N) is 3. The largest absolute Gasteiger partial charge is 0.277 e. The normalized spacial score (nSPS) is 19.5. The molecule has 2 atom stereocenters. The van der Waals surface area contributed by atoms with Crippen molar-refractivity contribution in [2.24, 2.45) is 5.10 Å². The second kappa shape index (κ2) is 10.5. The lowest BCUT2D eigenvalue weighted by atomic mass is 9.98. The zero-order chi connectivity index (χ0) is 26.3. The summed E-state index contributed by atoms with van der Waals surface area (Å²) in [4.78, 5) is 27.1. The number of anilines is 1. The topological polar surface area (TPSA) is 76.8 Å². The van der Waals surface area contributed by atoms with E-state index in [2.05, 4.69) is 0 Å². The average molecular weight is 572 g/mol. The molecule has 37 heavy (non-hydrogen) atoms. The van der Waals surface area contributed by atoms with Crippen LogP contribution in [0.3, 0.4) is 0 Å². The molecule has 0 aliphatic carbocycles. The minimum Gasteiger partial charge on any atom is -0.277 e. The van der Waals surface area contributed by atoms with Crippen LogP contribution in [0, 0.1) is 12.3 Å². The predicted octanol–water partition coefficient (Wildman–Crippen LogP) is 7.11. The second-order valence-electron chi connectivity index (χ2n) is 8.84. The number of amides is 2. The number of aryl methyl sites for hydroxylation is 1. The molecular formula is C27H21Cl3N4O2S. The number of thioether (sulfide) groups is 1. The highest BCUT2D eigenvalue weighted by Gasteiger charge is 2.42. The minimum atomic E-state index is -0.762. The van der Waals surface area contributed by atoms with Gasteiger partial charge in [0, 0.05) is 27.9 Å². The lowest BCUT2D eigenvalue weighted by Crippen LogP contribution is -2.32. The van der Waals surface area contributed by atoms with Gasteiger partial charge in [-0.15, -0.1) is 0 Å². The van der Waals surface area contributed by atoms with E-state index in [1.165, 1.54) is 18.2 Å². The zero-order valence-electron chi connectivity index (χ0n) is 19.6. The first-order valence-corrected chi connectivity index (χ1v) is 13.5. The number of halogens is 3. The summed E-state index contributed by atoms with van der Waals surface area (Å²) in [6, 6.07) is 19.9. The highest BCUT2D eigenvalue weighted by Crippen LogP contribution is 2.38. The smallest absolute Gasteiger partial charge is 0.247 e. The van der Waals surface area contributed by atoms with Crippen LogP contribution in [0.25, 0.3) is 0 Å². The molecule has 2 aliphatic rings. The summed E-state index contributed by atoms with van der Waals surface area (Å²) in [6.45, 7) is 2.02. The molecule has 10 heteroatoms. The van der Waals surface area contributed by atoms with Crippen molar-refractivity contribution in [2.75, 3.05) is 4.90 Å². The van der Waals surface area contributed by atoms with Crippen molar-refractivity contribution >= 4 is 74.9 Å². The SMILES string of the molecule is Cc1ccc(C2=NN(C(=N)S[C@@H]3CC(=O)N(c4cc(Cl)cc(Cl)c4)C3=O)[C@@H](c3ccc(Cl)cc3)C2)cc1. The molecule has 2 amide bonds. The zero-order valence-corrected chi connectivity index (χ0v) is 22.7. The molecule has 0 radical (unpaired) electrons. The van der Waals surface area contributed by atoms with Crippen molar-refractivity contribution in [3.8, 4) is 0 Å². The van der Waals surface area contributed by atoms with E-state index in [0.717, 1.165) is 39.1 Å². The number of rotatable bonds is 4. The lowest BCUT2D eigenvalue weighted by molar-refractivity contribution is -0.121. The Kier molecular flexibility index (Phi) is 7.32. The van der Waals surface area contributed by atoms with E-state index in [0.29, 0.717) is 27.2 Å². The van der Waals surface area contributed by atoms with Gasteiger partial charge in [0.1, 0.15) is 5.25 Å². The fourth-order valence-electron chi connectivity index (χ4n) is 4.39. The third-order valence-electron chi connectivity index (χ3n) is 6.22. The number of amidine groups is 1. The van der Waals surface area contributed by atoms with E-state index in [1.54, 1.807) is 5.01 Å². The summed E-state index contributed by atoms with van der Waals surface area (Å²) in [6.07, 6.45) is 0.544. The van der Waals surface area contributed by atoms with E-state index in [9.17, 15) is 9.59 Å². The molecule has 0 spiro atoms. The number of carbonyl (C=O) groups is 2. The van der Waals surface area contributed by atoms with E-state index < -0.39 is 11.2 Å². The maximum absolute atomic E-state index is 13.2. The first-order chi connectivity index (χ1) is 17.7. The van der Waals surface area contributed by atoms with Gasteiger partial charge < -0.3 is 0 Å². The summed E-state index contributed by atoms with van der Waals surface area (Å²) >= 11 is 19.3. The summed E-state index contributed by atoms with van der Waals surface area (Å²) in [5, 5.41) is 15.9. The van der Waals surface area contributed by atoms with Crippen LogP contribution in [0.4, 0.5) is 5.69 Å². The molecule has 0 saturated carbocycles. The van der Waals surface area contributed by atoms with Crippen LogP contribution in [0.1, 0.15) is 35.6 Å². The van der Waals surface area contributed by atoms with Crippen molar-refractivity contribution in [3.05, 3.63) is 98.5 Å². The summed E-state index contributed by atoms with van der Waals surface area (Å²) in [7, 11) is 0. The highest BCUT2D eigenvalue weighted by atomic mass is 35.5. The Hall–Kier alpha value is -2.84. The van der Waals surface area contributed by atoms with E-state index >= 15 is 0 Å². The molecule has 2 aliphatic heterocycles. The summed E-state index contributed by atoms with van der Waals surface area (Å²) < 4.78 is 0. The van der Waals surface area contributed by atoms with Crippen molar-refractivity contribution in [1.82, 2.24) is 5.01 Å². The van der Waals surface area contributed by atoms with Crippen LogP contribution >= 0.6 is 46.6 Å². The van der Waals surface area contributed by atoms with Crippen LogP contribution in [0.15, 0.2) is 71.8 Å². The van der Waals surface area contributed by atoms with Crippen molar-refractivity contribution in [3.63, 3.8) is 0 Å². The third kappa shape index (κ3) is 5.41. The highest BCUT2D eigenvalue weighted by molar-refractivity contribution is 8.14. The molecule has 2 heterocycles. The maximum atomic E-state index is 13.2. The molecule has 3 aromatic rings. The molecule has 3 aromatic carbocycles. The molecular weight excluding hydrogens is 551 g/mol. The number of hydrazone groups is 1. The number of benzene rings is 3. The molecule has 6 nitrogen and oxygen atoms in total. The number of hydrogen-bond donors (Lipinski definition) is 1. The van der Waals surface area contributed by atoms with Crippen molar-refractivity contribution in [2.45, 2.75) is 31.1 Å². The van der Waals surface area contributed by atoms with E-state index in [-0.39, 0.29) is 23.5 Å². The van der Waals surface area contributed by atoms with Gasteiger partial charge in [0.25, 0.3) is 0 Å². The Balaban J connectivity index is 1.40. The molecule has 188 valence electrons. The number of hydrogen-bond acceptors (Lipinski definition) is 5. The van der Waals surface area contributed by atoms with Gasteiger partial charge in [-0.05, 0) is 48.4 Å². The molecule has 0 unspecified atom stereocenters. The van der Waals surface area contributed by atoms with E-state index in [4.69, 9.17) is 45.3 Å². The fraction of sp³-hybridized carbons (Fsp3) is 0.185. The van der Waals surface area contributed by atoms with Crippen LogP contribution in [-0.4, -0.2) is 33.0 Å². The number of imide groups is 1. The van der Waals surface area contributed by atoms with Gasteiger partial charge in [0.2, 0.25) is 11.8 Å². The lowest BCUT2D eigenvalue weighted by Gasteiger charge is -2.24. The van der Waals surface area contributed by atoms with Gasteiger partial charge in [0.15, 0.2) is 5.17 Å². The first kappa shape index (κ1) is 25.8. The van der Waals surface area contributed by atoms with E-state index in [1.807, 2.05) is 55.5 Å². The van der Waals surface area contributed by atoms with Gasteiger partial charge in [-0.1, -0.05) is 88.5 Å². The molecule has 5 rings (SSSR count). The number of carbonyl (C=O) groups excluding carboxylic acids is 2. The van der Waals surface area contributed by atoms with Crippen LogP contribution in [0.5, 0.6) is 0 Å². The fourth-order valence-corrected chi connectivity index (χ4v) is 6.01. The van der Waals surface area contributed by atoms with Crippen LogP contribution in [0.2, 0.25) is 15.1 Å². The Morgan fingerprint density at radius 3 is 2.22 bits per heavy atom. The predicted molar refractivity (Wildman–Crippen MR) is 151 cm³/mol. The van der Waals surface area contributed by atoms with Crippen molar-refractivity contribution < 1.29 is 9.59 Å². The monoisotopic (exact) mass is 570 g/mol. The summed E-state index contributed by atoms with van der Waals surface area (Å²) in [5.74, 6) is -0.781. The van der Waals surface area contributed by atoms with Gasteiger partial charge in [-0.2, -0.15) is 5.10 Å². The minimum absolute atomic E-state index is 0.0377. The Morgan fingerprint density at radius 2 is 1.57 bits per heavy atom. The Labute approximate surface area is 233 Å². The third-order valence-corrected chi connectivity index (χ3v) is 7.97. The van der Waals surface area contributed by atoms with Gasteiger partial charge in [0.05, 0.1) is 17.4 Å². The van der Waals surface area contributed by atoms with Gasteiger partial charge >= 0.3 is 0 Å². The average Bonchev–Trinajstić information content (AvgIpc) is 3.40. The standard InChI is InChI=1S/C27H21Cl3N4O2S/c1-15-2-4-16(5-3-15)22-13-23(17-6-8-18(28)9-7-17)34(32-22)27(31)37-24-14-25(35)33(26(24)36)21-11-19(29)10-20(30)12-21/h2-12,23-24,31H,13-14H2,1H3/t23-,24-/m1/s1. The Morgan fingerprint density at radius 1 is 0.919 bits per heavy atom. The maximum Gasteiger partial charge on any atom is 0.247 e. The molecule has 1 N–H and O–H groups in total. The molecule has 0 bridgehead atoms. The first-order valence-electron chi connectivity index (χ1n) is 11.5. The molecule has 1 fully saturated rings. The molecule has 0 aromatic heterocycles. The van der Waals surface area contributed by atoms with Crippen LogP contribution < -0.4 is 4.90 Å². The second-order valence-corrected chi connectivity index (χ2v) is 11.3. The number of nitrogens with one attached hydrogen (secondary N) is 1. The van der Waals surface area contributed by atoms with Gasteiger partial charge in [-0.25, -0.2) is 9.91 Å². The quantitative estimate of drug-likeness (QED) is 0.206. The van der Waals surface area contributed by atoms with Crippen molar-refractivity contribution in [1.29, 1.82) is 5.41 Å².